The van der Waals surface area contributed by atoms with Gasteiger partial charge in [0, 0.05) is 10.2 Å². The van der Waals surface area contributed by atoms with Gasteiger partial charge in [0.05, 0.1) is 16.6 Å². The number of nitriles is 1. The summed E-state index contributed by atoms with van der Waals surface area (Å²) in [5.41, 5.74) is 5.31. The molecular weight excluding hydrogens is 290 g/mol. The molecule has 3 nitrogen and oxygen atoms in total. The Morgan fingerprint density at radius 3 is 2.72 bits per heavy atom. The van der Waals surface area contributed by atoms with Crippen LogP contribution in [0, 0.1) is 25.2 Å². The summed E-state index contributed by atoms with van der Waals surface area (Å²) < 4.78 is 3.00. The standard InChI is InChI=1S/C14H10BrN3/c1-8-10(7-16)14-17-11-5-3-4-6-12(11)18(14)9(2)13(8)15/h3-6H,1-2H3. The smallest absolute Gasteiger partial charge is 0.156 e. The highest BCUT2D eigenvalue weighted by Crippen LogP contribution is 2.30. The maximum atomic E-state index is 9.33. The van der Waals surface area contributed by atoms with Gasteiger partial charge in [0.15, 0.2) is 5.65 Å². The normalized spacial score (nSPS) is 11.0. The second-order valence-electron chi connectivity index (χ2n) is 4.27. The number of pyridine rings is 1. The van der Waals surface area contributed by atoms with Crippen LogP contribution in [-0.2, 0) is 0 Å². The van der Waals surface area contributed by atoms with Gasteiger partial charge in [-0.2, -0.15) is 5.26 Å². The van der Waals surface area contributed by atoms with Crippen LogP contribution in [0.1, 0.15) is 16.8 Å². The molecule has 3 aromatic rings. The number of para-hydroxylation sites is 2. The number of halogens is 1. The fraction of sp³-hybridized carbons (Fsp3) is 0.143. The van der Waals surface area contributed by atoms with E-state index in [-0.39, 0.29) is 0 Å². The highest BCUT2D eigenvalue weighted by Gasteiger charge is 2.16. The van der Waals surface area contributed by atoms with Gasteiger partial charge in [0.1, 0.15) is 6.07 Å². The molecule has 0 saturated carbocycles. The Hall–Kier alpha value is -1.86. The molecule has 2 heterocycles. The van der Waals surface area contributed by atoms with Crippen LogP contribution in [0.25, 0.3) is 16.7 Å². The van der Waals surface area contributed by atoms with E-state index in [2.05, 4.69) is 27.0 Å². The van der Waals surface area contributed by atoms with E-state index in [1.807, 2.05) is 42.5 Å². The van der Waals surface area contributed by atoms with E-state index in [0.717, 1.165) is 32.4 Å². The number of aromatic nitrogens is 2. The van der Waals surface area contributed by atoms with Crippen LogP contribution in [0.5, 0.6) is 0 Å². The molecule has 0 aliphatic rings. The Labute approximate surface area is 113 Å². The zero-order chi connectivity index (χ0) is 12.9. The number of hydrogen-bond acceptors (Lipinski definition) is 2. The fourth-order valence-corrected chi connectivity index (χ4v) is 2.69. The van der Waals surface area contributed by atoms with Crippen molar-refractivity contribution in [3.05, 3.63) is 45.6 Å². The van der Waals surface area contributed by atoms with Crippen molar-refractivity contribution in [3.63, 3.8) is 0 Å². The molecular formula is C14H10BrN3. The Bertz CT molecular complexity index is 825. The molecule has 0 aliphatic carbocycles. The molecule has 1 aromatic carbocycles. The van der Waals surface area contributed by atoms with Crippen molar-refractivity contribution in [2.24, 2.45) is 0 Å². The van der Waals surface area contributed by atoms with Crippen LogP contribution < -0.4 is 0 Å². The van der Waals surface area contributed by atoms with Crippen molar-refractivity contribution in [2.45, 2.75) is 13.8 Å². The summed E-state index contributed by atoms with van der Waals surface area (Å²) in [4.78, 5) is 4.57. The Balaban J connectivity index is 2.69. The lowest BCUT2D eigenvalue weighted by Gasteiger charge is -2.09. The van der Waals surface area contributed by atoms with E-state index in [1.165, 1.54) is 0 Å². The number of benzene rings is 1. The van der Waals surface area contributed by atoms with Crippen LogP contribution in [0.4, 0.5) is 0 Å². The monoisotopic (exact) mass is 299 g/mol. The van der Waals surface area contributed by atoms with Gasteiger partial charge in [-0.15, -0.1) is 0 Å². The molecule has 0 bridgehead atoms. The van der Waals surface area contributed by atoms with Gasteiger partial charge in [-0.1, -0.05) is 12.1 Å². The maximum absolute atomic E-state index is 9.33. The van der Waals surface area contributed by atoms with Crippen molar-refractivity contribution < 1.29 is 0 Å². The first-order valence-electron chi connectivity index (χ1n) is 5.61. The summed E-state index contributed by atoms with van der Waals surface area (Å²) in [5, 5.41) is 9.33. The summed E-state index contributed by atoms with van der Waals surface area (Å²) in [6, 6.07) is 10.2. The van der Waals surface area contributed by atoms with Gasteiger partial charge in [0.25, 0.3) is 0 Å². The topological polar surface area (TPSA) is 41.1 Å². The molecule has 3 rings (SSSR count). The van der Waals surface area contributed by atoms with Crippen LogP contribution in [0.3, 0.4) is 0 Å². The third kappa shape index (κ3) is 1.31. The molecule has 0 radical (unpaired) electrons. The Morgan fingerprint density at radius 1 is 1.28 bits per heavy atom. The SMILES string of the molecule is Cc1c(Br)c(C)n2c(nc3ccccc32)c1C#N. The van der Waals surface area contributed by atoms with Crippen LogP contribution in [0.2, 0.25) is 0 Å². The lowest BCUT2D eigenvalue weighted by atomic mass is 10.1. The second kappa shape index (κ2) is 3.82. The summed E-state index contributed by atoms with van der Waals surface area (Å²) in [5.74, 6) is 0. The van der Waals surface area contributed by atoms with E-state index >= 15 is 0 Å². The molecule has 2 aromatic heterocycles. The van der Waals surface area contributed by atoms with Crippen molar-refractivity contribution >= 4 is 32.6 Å². The minimum Gasteiger partial charge on any atom is -0.295 e. The summed E-state index contributed by atoms with van der Waals surface area (Å²) >= 11 is 3.56. The van der Waals surface area contributed by atoms with Crippen molar-refractivity contribution in [1.29, 1.82) is 5.26 Å². The van der Waals surface area contributed by atoms with Gasteiger partial charge >= 0.3 is 0 Å². The quantitative estimate of drug-likeness (QED) is 0.634. The number of aryl methyl sites for hydroxylation is 1. The lowest BCUT2D eigenvalue weighted by Crippen LogP contribution is -1.99. The summed E-state index contributed by atoms with van der Waals surface area (Å²) in [6.45, 7) is 3.97. The van der Waals surface area contributed by atoms with Crippen molar-refractivity contribution in [3.8, 4) is 6.07 Å². The number of nitrogens with zero attached hydrogens (tertiary/aromatic N) is 3. The zero-order valence-electron chi connectivity index (χ0n) is 10.0. The lowest BCUT2D eigenvalue weighted by molar-refractivity contribution is 1.09. The summed E-state index contributed by atoms with van der Waals surface area (Å²) in [7, 11) is 0. The van der Waals surface area contributed by atoms with E-state index < -0.39 is 0 Å². The molecule has 0 N–H and O–H groups in total. The van der Waals surface area contributed by atoms with Crippen molar-refractivity contribution in [1.82, 2.24) is 9.38 Å². The summed E-state index contributed by atoms with van der Waals surface area (Å²) in [6.07, 6.45) is 0. The highest BCUT2D eigenvalue weighted by atomic mass is 79.9. The molecule has 0 spiro atoms. The maximum Gasteiger partial charge on any atom is 0.156 e. The predicted molar refractivity (Wildman–Crippen MR) is 74.6 cm³/mol. The van der Waals surface area contributed by atoms with E-state index in [1.54, 1.807) is 0 Å². The molecule has 0 amide bonds. The average Bonchev–Trinajstić information content (AvgIpc) is 2.76. The molecule has 0 unspecified atom stereocenters. The molecule has 0 atom stereocenters. The molecule has 4 heteroatoms. The van der Waals surface area contributed by atoms with Gasteiger partial charge in [-0.3, -0.25) is 4.40 Å². The van der Waals surface area contributed by atoms with Gasteiger partial charge in [0.2, 0.25) is 0 Å². The number of imidazole rings is 1. The first-order valence-corrected chi connectivity index (χ1v) is 6.40. The third-order valence-corrected chi connectivity index (χ3v) is 4.42. The van der Waals surface area contributed by atoms with E-state index in [0.29, 0.717) is 5.56 Å². The third-order valence-electron chi connectivity index (χ3n) is 3.25. The Kier molecular flexibility index (Phi) is 2.39. The largest absolute Gasteiger partial charge is 0.295 e. The minimum atomic E-state index is 0.628. The molecule has 18 heavy (non-hydrogen) atoms. The van der Waals surface area contributed by atoms with E-state index in [4.69, 9.17) is 0 Å². The second-order valence-corrected chi connectivity index (χ2v) is 5.06. The minimum absolute atomic E-state index is 0.628. The van der Waals surface area contributed by atoms with Crippen molar-refractivity contribution in [2.75, 3.05) is 0 Å². The van der Waals surface area contributed by atoms with Gasteiger partial charge in [-0.05, 0) is 47.5 Å². The fourth-order valence-electron chi connectivity index (χ4n) is 2.31. The Morgan fingerprint density at radius 2 is 2.00 bits per heavy atom. The van der Waals surface area contributed by atoms with Crippen LogP contribution >= 0.6 is 15.9 Å². The molecule has 0 saturated heterocycles. The first-order chi connectivity index (χ1) is 8.65. The number of hydrogen-bond donors (Lipinski definition) is 0. The molecule has 0 fully saturated rings. The van der Waals surface area contributed by atoms with Crippen LogP contribution in [-0.4, -0.2) is 9.38 Å². The molecule has 88 valence electrons. The number of fused-ring (bicyclic) bond motifs is 3. The van der Waals surface area contributed by atoms with E-state index in [9.17, 15) is 5.26 Å². The molecule has 0 aliphatic heterocycles. The first kappa shape index (κ1) is 11.2. The highest BCUT2D eigenvalue weighted by molar-refractivity contribution is 9.10. The van der Waals surface area contributed by atoms with Gasteiger partial charge in [-0.25, -0.2) is 4.98 Å². The van der Waals surface area contributed by atoms with Crippen LogP contribution in [0.15, 0.2) is 28.7 Å². The average molecular weight is 300 g/mol. The number of rotatable bonds is 0. The zero-order valence-corrected chi connectivity index (χ0v) is 11.6. The van der Waals surface area contributed by atoms with Gasteiger partial charge < -0.3 is 0 Å². The predicted octanol–water partition coefficient (Wildman–Crippen LogP) is 3.74.